The SMILES string of the molecule is C=C(CCCCC)c1ccc(CC(=C)N2CC(Cc3ccccc3C)CCC2=O)cc1. The molecule has 0 radical (unpaired) electrons. The highest BCUT2D eigenvalue weighted by atomic mass is 16.2. The second kappa shape index (κ2) is 11.1. The van der Waals surface area contributed by atoms with E-state index in [4.69, 9.17) is 0 Å². The molecule has 0 aliphatic carbocycles. The number of aryl methyl sites for hydroxylation is 1. The van der Waals surface area contributed by atoms with E-state index in [2.05, 4.69) is 75.5 Å². The molecule has 31 heavy (non-hydrogen) atoms. The quantitative estimate of drug-likeness (QED) is 0.378. The first-order valence-electron chi connectivity index (χ1n) is 11.8. The van der Waals surface area contributed by atoms with Gasteiger partial charge in [-0.2, -0.15) is 0 Å². The molecule has 0 bridgehead atoms. The minimum absolute atomic E-state index is 0.215. The lowest BCUT2D eigenvalue weighted by atomic mass is 9.89. The van der Waals surface area contributed by atoms with Crippen LogP contribution in [0.15, 0.2) is 67.4 Å². The van der Waals surface area contributed by atoms with E-state index in [0.29, 0.717) is 18.8 Å². The summed E-state index contributed by atoms with van der Waals surface area (Å²) in [5.41, 5.74) is 7.27. The van der Waals surface area contributed by atoms with Crippen LogP contribution in [0.2, 0.25) is 0 Å². The molecule has 2 aromatic rings. The summed E-state index contributed by atoms with van der Waals surface area (Å²) in [6.07, 6.45) is 8.07. The lowest BCUT2D eigenvalue weighted by Crippen LogP contribution is -2.40. The number of rotatable bonds is 10. The molecule has 3 rings (SSSR count). The van der Waals surface area contributed by atoms with Crippen molar-refractivity contribution in [3.8, 4) is 0 Å². The average Bonchev–Trinajstić information content (AvgIpc) is 2.77. The minimum Gasteiger partial charge on any atom is -0.316 e. The van der Waals surface area contributed by atoms with Crippen LogP contribution in [0.4, 0.5) is 0 Å². The van der Waals surface area contributed by atoms with Crippen molar-refractivity contribution in [2.75, 3.05) is 6.54 Å². The predicted molar refractivity (Wildman–Crippen MR) is 132 cm³/mol. The number of carbonyl (C=O) groups is 1. The van der Waals surface area contributed by atoms with E-state index >= 15 is 0 Å². The van der Waals surface area contributed by atoms with Crippen molar-refractivity contribution in [3.63, 3.8) is 0 Å². The Morgan fingerprint density at radius 3 is 2.52 bits per heavy atom. The molecule has 1 atom stereocenters. The van der Waals surface area contributed by atoms with Crippen LogP contribution in [0.3, 0.4) is 0 Å². The second-order valence-electron chi connectivity index (χ2n) is 9.04. The van der Waals surface area contributed by atoms with Gasteiger partial charge in [-0.05, 0) is 66.4 Å². The lowest BCUT2D eigenvalue weighted by Gasteiger charge is -2.34. The number of unbranched alkanes of at least 4 members (excludes halogenated alkanes) is 2. The summed E-state index contributed by atoms with van der Waals surface area (Å²) in [7, 11) is 0. The topological polar surface area (TPSA) is 20.3 Å². The number of hydrogen-bond acceptors (Lipinski definition) is 1. The third kappa shape index (κ3) is 6.43. The van der Waals surface area contributed by atoms with Gasteiger partial charge in [-0.15, -0.1) is 0 Å². The van der Waals surface area contributed by atoms with Gasteiger partial charge in [0.2, 0.25) is 5.91 Å². The fraction of sp³-hybridized carbons (Fsp3) is 0.414. The van der Waals surface area contributed by atoms with Crippen LogP contribution in [0.5, 0.6) is 0 Å². The smallest absolute Gasteiger partial charge is 0.226 e. The normalized spacial score (nSPS) is 16.4. The molecule has 1 aliphatic rings. The number of benzene rings is 2. The van der Waals surface area contributed by atoms with Crippen molar-refractivity contribution >= 4 is 11.5 Å². The van der Waals surface area contributed by atoms with Crippen molar-refractivity contribution in [2.24, 2.45) is 5.92 Å². The lowest BCUT2D eigenvalue weighted by molar-refractivity contribution is -0.132. The molecule has 0 spiro atoms. The van der Waals surface area contributed by atoms with Crippen molar-refractivity contribution in [1.29, 1.82) is 0 Å². The molecular formula is C29H37NO. The summed E-state index contributed by atoms with van der Waals surface area (Å²) < 4.78 is 0. The van der Waals surface area contributed by atoms with E-state index < -0.39 is 0 Å². The van der Waals surface area contributed by atoms with Crippen molar-refractivity contribution in [3.05, 3.63) is 89.6 Å². The van der Waals surface area contributed by atoms with Crippen molar-refractivity contribution in [1.82, 2.24) is 4.90 Å². The molecule has 1 saturated heterocycles. The highest BCUT2D eigenvalue weighted by Crippen LogP contribution is 2.27. The van der Waals surface area contributed by atoms with E-state index in [0.717, 1.165) is 31.5 Å². The summed E-state index contributed by atoms with van der Waals surface area (Å²) in [5.74, 6) is 0.705. The standard InChI is InChI=1S/C29H37NO/c1-5-6-7-10-22(2)27-16-13-25(14-17-27)19-24(4)30-21-26(15-18-29(30)31)20-28-12-9-8-11-23(28)3/h8-9,11-14,16-17,26H,2,4-7,10,15,18-21H2,1,3H3. The summed E-state index contributed by atoms with van der Waals surface area (Å²) in [6, 6.07) is 17.2. The molecule has 2 nitrogen and oxygen atoms in total. The fourth-order valence-electron chi connectivity index (χ4n) is 4.46. The Morgan fingerprint density at radius 1 is 1.06 bits per heavy atom. The van der Waals surface area contributed by atoms with Crippen LogP contribution in [0.1, 0.15) is 67.7 Å². The van der Waals surface area contributed by atoms with Gasteiger partial charge in [-0.25, -0.2) is 0 Å². The van der Waals surface area contributed by atoms with Crippen molar-refractivity contribution in [2.45, 2.75) is 65.2 Å². The van der Waals surface area contributed by atoms with Gasteiger partial charge in [0.1, 0.15) is 0 Å². The van der Waals surface area contributed by atoms with Gasteiger partial charge < -0.3 is 4.90 Å². The molecule has 1 fully saturated rings. The van der Waals surface area contributed by atoms with Crippen LogP contribution < -0.4 is 0 Å². The Labute approximate surface area is 188 Å². The molecule has 2 aromatic carbocycles. The highest BCUT2D eigenvalue weighted by Gasteiger charge is 2.27. The van der Waals surface area contributed by atoms with Gasteiger partial charge in [0.15, 0.2) is 0 Å². The molecule has 1 aliphatic heterocycles. The third-order valence-corrected chi connectivity index (χ3v) is 6.51. The van der Waals surface area contributed by atoms with E-state index in [9.17, 15) is 4.79 Å². The summed E-state index contributed by atoms with van der Waals surface area (Å²) in [5, 5.41) is 0. The monoisotopic (exact) mass is 415 g/mol. The van der Waals surface area contributed by atoms with E-state index in [1.54, 1.807) is 0 Å². The highest BCUT2D eigenvalue weighted by molar-refractivity contribution is 5.78. The summed E-state index contributed by atoms with van der Waals surface area (Å²) >= 11 is 0. The Morgan fingerprint density at radius 2 is 1.81 bits per heavy atom. The number of carbonyl (C=O) groups excluding carboxylic acids is 1. The second-order valence-corrected chi connectivity index (χ2v) is 9.04. The molecule has 1 unspecified atom stereocenters. The maximum absolute atomic E-state index is 12.6. The predicted octanol–water partition coefficient (Wildman–Crippen LogP) is 7.13. The Hall–Kier alpha value is -2.61. The van der Waals surface area contributed by atoms with Crippen LogP contribution in [-0.2, 0) is 17.6 Å². The van der Waals surface area contributed by atoms with E-state index in [1.807, 2.05) is 4.90 Å². The number of nitrogens with zero attached hydrogens (tertiary/aromatic N) is 1. The van der Waals surface area contributed by atoms with Gasteiger partial charge in [0.25, 0.3) is 0 Å². The average molecular weight is 416 g/mol. The van der Waals surface area contributed by atoms with Crippen LogP contribution in [0.25, 0.3) is 5.57 Å². The van der Waals surface area contributed by atoms with Crippen LogP contribution in [-0.4, -0.2) is 17.4 Å². The summed E-state index contributed by atoms with van der Waals surface area (Å²) in [4.78, 5) is 14.5. The zero-order chi connectivity index (χ0) is 22.2. The Bertz CT molecular complexity index is 909. The largest absolute Gasteiger partial charge is 0.316 e. The Balaban J connectivity index is 1.58. The third-order valence-electron chi connectivity index (χ3n) is 6.51. The zero-order valence-electron chi connectivity index (χ0n) is 19.3. The maximum Gasteiger partial charge on any atom is 0.226 e. The number of likely N-dealkylation sites (tertiary alicyclic amines) is 1. The number of hydrogen-bond donors (Lipinski definition) is 0. The molecule has 0 aromatic heterocycles. The molecular weight excluding hydrogens is 378 g/mol. The first kappa shape index (κ1) is 23.1. The maximum atomic E-state index is 12.6. The number of amides is 1. The molecule has 0 N–H and O–H groups in total. The molecule has 2 heteroatoms. The van der Waals surface area contributed by atoms with Gasteiger partial charge in [-0.1, -0.05) is 81.5 Å². The van der Waals surface area contributed by atoms with Gasteiger partial charge in [-0.3, -0.25) is 4.79 Å². The number of allylic oxidation sites excluding steroid dienone is 2. The first-order valence-corrected chi connectivity index (χ1v) is 11.8. The van der Waals surface area contributed by atoms with E-state index in [1.165, 1.54) is 47.1 Å². The van der Waals surface area contributed by atoms with Crippen molar-refractivity contribution < 1.29 is 4.79 Å². The summed E-state index contributed by atoms with van der Waals surface area (Å²) in [6.45, 7) is 13.7. The molecule has 1 amide bonds. The van der Waals surface area contributed by atoms with Gasteiger partial charge >= 0.3 is 0 Å². The molecule has 0 saturated carbocycles. The van der Waals surface area contributed by atoms with E-state index in [-0.39, 0.29) is 5.91 Å². The zero-order valence-corrected chi connectivity index (χ0v) is 19.3. The van der Waals surface area contributed by atoms with Crippen LogP contribution >= 0.6 is 0 Å². The van der Waals surface area contributed by atoms with Gasteiger partial charge in [0.05, 0.1) is 0 Å². The Kier molecular flexibility index (Phi) is 8.28. The molecule has 164 valence electrons. The van der Waals surface area contributed by atoms with Gasteiger partial charge in [0, 0.05) is 25.1 Å². The number of piperidine rings is 1. The molecule has 1 heterocycles. The minimum atomic E-state index is 0.215. The van der Waals surface area contributed by atoms with Crippen LogP contribution in [0, 0.1) is 12.8 Å². The first-order chi connectivity index (χ1) is 15.0. The fourth-order valence-corrected chi connectivity index (χ4v) is 4.46.